The molecule has 4 N–H and O–H groups in total. The molecule has 0 fully saturated rings. The van der Waals surface area contributed by atoms with E-state index in [-0.39, 0.29) is 13.2 Å². The highest BCUT2D eigenvalue weighted by Gasteiger charge is 2.16. The Kier molecular flexibility index (Phi) is 5.82. The van der Waals surface area contributed by atoms with E-state index in [9.17, 15) is 9.59 Å². The number of aliphatic hydroxyl groups excluding tert-OH is 2. The number of rotatable bonds is 4. The molecule has 6 nitrogen and oxygen atoms in total. The molecule has 0 aliphatic heterocycles. The number of carbonyl (C=O) groups is 2. The molecule has 0 spiro atoms. The van der Waals surface area contributed by atoms with E-state index >= 15 is 0 Å². The average molecular weight is 204 g/mol. The van der Waals surface area contributed by atoms with E-state index in [1.165, 1.54) is 0 Å². The van der Waals surface area contributed by atoms with Crippen LogP contribution in [0.3, 0.4) is 0 Å². The van der Waals surface area contributed by atoms with E-state index in [0.29, 0.717) is 0 Å². The quantitative estimate of drug-likeness (QED) is 0.397. The average Bonchev–Trinajstić information content (AvgIpc) is 2.17. The summed E-state index contributed by atoms with van der Waals surface area (Å²) >= 11 is 0. The minimum Gasteiger partial charge on any atom is -0.394 e. The molecule has 0 aromatic rings. The van der Waals surface area contributed by atoms with E-state index in [0.717, 1.165) is 0 Å². The Bertz CT molecular complexity index is 186. The number of nitrogens with one attached hydrogen (secondary N) is 2. The van der Waals surface area contributed by atoms with Crippen LogP contribution in [0.15, 0.2) is 0 Å². The van der Waals surface area contributed by atoms with E-state index in [4.69, 9.17) is 10.2 Å². The van der Waals surface area contributed by atoms with Gasteiger partial charge in [-0.2, -0.15) is 0 Å². The second-order valence-electron chi connectivity index (χ2n) is 3.11. The molecule has 2 atom stereocenters. The number of hydrogen-bond donors (Lipinski definition) is 4. The first-order valence-corrected chi connectivity index (χ1v) is 4.34. The predicted molar refractivity (Wildman–Crippen MR) is 49.4 cm³/mol. The first-order chi connectivity index (χ1) is 6.51. The number of amides is 2. The Labute approximate surface area is 82.3 Å². The fourth-order valence-corrected chi connectivity index (χ4v) is 0.670. The highest BCUT2D eigenvalue weighted by atomic mass is 16.3. The summed E-state index contributed by atoms with van der Waals surface area (Å²) in [6.45, 7) is 2.68. The van der Waals surface area contributed by atoms with Gasteiger partial charge >= 0.3 is 11.8 Å². The van der Waals surface area contributed by atoms with Crippen LogP contribution in [-0.2, 0) is 9.59 Å². The molecule has 0 unspecified atom stereocenters. The molecule has 0 saturated carbocycles. The number of aliphatic hydroxyl groups is 2. The lowest BCUT2D eigenvalue weighted by Gasteiger charge is -2.13. The maximum absolute atomic E-state index is 11.0. The summed E-state index contributed by atoms with van der Waals surface area (Å²) in [5, 5.41) is 21.8. The molecule has 2 amide bonds. The van der Waals surface area contributed by atoms with Gasteiger partial charge in [0.2, 0.25) is 0 Å². The largest absolute Gasteiger partial charge is 0.394 e. The van der Waals surface area contributed by atoms with Gasteiger partial charge in [0.05, 0.1) is 13.2 Å². The van der Waals surface area contributed by atoms with Crippen LogP contribution < -0.4 is 10.6 Å². The van der Waals surface area contributed by atoms with Crippen LogP contribution in [0.2, 0.25) is 0 Å². The molecule has 82 valence electrons. The van der Waals surface area contributed by atoms with Crippen LogP contribution in [0.4, 0.5) is 0 Å². The summed E-state index contributed by atoms with van der Waals surface area (Å²) in [5.74, 6) is -1.63. The Morgan fingerprint density at radius 2 is 1.29 bits per heavy atom. The standard InChI is InChI=1S/C8H16N2O4/c1-5(3-11)9-7(13)8(14)10-6(2)4-12/h5-6,11-12H,3-4H2,1-2H3,(H,9,13)(H,10,14)/t5-,6-/m0/s1. The highest BCUT2D eigenvalue weighted by molar-refractivity contribution is 6.35. The molecule has 0 aromatic heterocycles. The maximum Gasteiger partial charge on any atom is 0.309 e. The first-order valence-electron chi connectivity index (χ1n) is 4.34. The Balaban J connectivity index is 3.94. The minimum atomic E-state index is -0.813. The lowest BCUT2D eigenvalue weighted by molar-refractivity contribution is -0.140. The molecular formula is C8H16N2O4. The summed E-state index contributed by atoms with van der Waals surface area (Å²) in [6.07, 6.45) is 0. The third-order valence-corrected chi connectivity index (χ3v) is 1.51. The normalized spacial score (nSPS) is 14.3. The van der Waals surface area contributed by atoms with Crippen molar-refractivity contribution < 1.29 is 19.8 Å². The highest BCUT2D eigenvalue weighted by Crippen LogP contribution is 1.82. The predicted octanol–water partition coefficient (Wildman–Crippen LogP) is -2.02. The molecule has 0 radical (unpaired) electrons. The zero-order valence-electron chi connectivity index (χ0n) is 8.28. The molecule has 0 aliphatic carbocycles. The Morgan fingerprint density at radius 1 is 1.00 bits per heavy atom. The van der Waals surface area contributed by atoms with Gasteiger partial charge in [0.25, 0.3) is 0 Å². The van der Waals surface area contributed by atoms with Gasteiger partial charge in [-0.3, -0.25) is 9.59 Å². The van der Waals surface area contributed by atoms with E-state index in [1.54, 1.807) is 13.8 Å². The molecule has 0 rings (SSSR count). The third kappa shape index (κ3) is 4.78. The van der Waals surface area contributed by atoms with Crippen molar-refractivity contribution in [2.45, 2.75) is 25.9 Å². The van der Waals surface area contributed by atoms with Gasteiger partial charge in [0.15, 0.2) is 0 Å². The fourth-order valence-electron chi connectivity index (χ4n) is 0.670. The van der Waals surface area contributed by atoms with Gasteiger partial charge in [0, 0.05) is 12.1 Å². The van der Waals surface area contributed by atoms with Crippen molar-refractivity contribution >= 4 is 11.8 Å². The minimum absolute atomic E-state index is 0.228. The van der Waals surface area contributed by atoms with Crippen LogP contribution >= 0.6 is 0 Å². The summed E-state index contributed by atoms with van der Waals surface area (Å²) < 4.78 is 0. The van der Waals surface area contributed by atoms with Crippen molar-refractivity contribution in [1.82, 2.24) is 10.6 Å². The van der Waals surface area contributed by atoms with Crippen molar-refractivity contribution in [3.8, 4) is 0 Å². The van der Waals surface area contributed by atoms with Gasteiger partial charge in [-0.15, -0.1) is 0 Å². The van der Waals surface area contributed by atoms with Crippen molar-refractivity contribution in [3.63, 3.8) is 0 Å². The molecule has 0 aliphatic rings. The van der Waals surface area contributed by atoms with Crippen molar-refractivity contribution in [3.05, 3.63) is 0 Å². The summed E-state index contributed by atoms with van der Waals surface area (Å²) in [5.41, 5.74) is 0. The van der Waals surface area contributed by atoms with Crippen molar-refractivity contribution in [1.29, 1.82) is 0 Å². The lowest BCUT2D eigenvalue weighted by atomic mass is 10.3. The van der Waals surface area contributed by atoms with Gasteiger partial charge in [-0.25, -0.2) is 0 Å². The first kappa shape index (κ1) is 12.9. The van der Waals surface area contributed by atoms with Crippen LogP contribution in [0.25, 0.3) is 0 Å². The van der Waals surface area contributed by atoms with Crippen LogP contribution in [0, 0.1) is 0 Å². The molecule has 0 aromatic carbocycles. The monoisotopic (exact) mass is 204 g/mol. The van der Waals surface area contributed by atoms with E-state index in [2.05, 4.69) is 10.6 Å². The molecule has 0 bridgehead atoms. The summed E-state index contributed by atoms with van der Waals surface area (Å²) in [4.78, 5) is 22.1. The van der Waals surface area contributed by atoms with Crippen molar-refractivity contribution in [2.24, 2.45) is 0 Å². The number of hydrogen-bond acceptors (Lipinski definition) is 4. The molecule has 0 saturated heterocycles. The maximum atomic E-state index is 11.0. The smallest absolute Gasteiger partial charge is 0.309 e. The van der Waals surface area contributed by atoms with E-state index in [1.807, 2.05) is 0 Å². The zero-order valence-corrected chi connectivity index (χ0v) is 8.28. The molecule has 0 heterocycles. The van der Waals surface area contributed by atoms with Gasteiger partial charge in [0.1, 0.15) is 0 Å². The van der Waals surface area contributed by atoms with Crippen LogP contribution in [0.1, 0.15) is 13.8 Å². The van der Waals surface area contributed by atoms with E-state index < -0.39 is 23.9 Å². The van der Waals surface area contributed by atoms with Gasteiger partial charge in [-0.05, 0) is 13.8 Å². The summed E-state index contributed by atoms with van der Waals surface area (Å²) in [6, 6.07) is -0.921. The molecule has 14 heavy (non-hydrogen) atoms. The second-order valence-corrected chi connectivity index (χ2v) is 3.11. The number of carbonyl (C=O) groups excluding carboxylic acids is 2. The van der Waals surface area contributed by atoms with Crippen LogP contribution in [-0.4, -0.2) is 47.3 Å². The molecule has 6 heteroatoms. The fraction of sp³-hybridized carbons (Fsp3) is 0.750. The zero-order chi connectivity index (χ0) is 11.1. The lowest BCUT2D eigenvalue weighted by Crippen LogP contribution is -2.47. The summed E-state index contributed by atoms with van der Waals surface area (Å²) in [7, 11) is 0. The third-order valence-electron chi connectivity index (χ3n) is 1.51. The van der Waals surface area contributed by atoms with Crippen molar-refractivity contribution in [2.75, 3.05) is 13.2 Å². The van der Waals surface area contributed by atoms with Gasteiger partial charge in [-0.1, -0.05) is 0 Å². The second kappa shape index (κ2) is 6.33. The van der Waals surface area contributed by atoms with Crippen LogP contribution in [0.5, 0.6) is 0 Å². The SMILES string of the molecule is C[C@@H](CO)NC(=O)C(=O)N[C@@H](C)CO. The Morgan fingerprint density at radius 3 is 1.50 bits per heavy atom. The molecular weight excluding hydrogens is 188 g/mol. The Hall–Kier alpha value is -1.14. The van der Waals surface area contributed by atoms with Gasteiger partial charge < -0.3 is 20.8 Å². The topological polar surface area (TPSA) is 98.7 Å².